The molecule has 0 aliphatic carbocycles. The lowest BCUT2D eigenvalue weighted by Gasteiger charge is -2.07. The summed E-state index contributed by atoms with van der Waals surface area (Å²) in [5.41, 5.74) is 0.423. The second-order valence-corrected chi connectivity index (χ2v) is 3.57. The monoisotopic (exact) mass is 240 g/mol. The van der Waals surface area contributed by atoms with Gasteiger partial charge in [0, 0.05) is 11.8 Å². The van der Waals surface area contributed by atoms with Crippen LogP contribution in [0.15, 0.2) is 18.2 Å². The zero-order valence-corrected chi connectivity index (χ0v) is 10.0. The Morgan fingerprint density at radius 2 is 2.24 bits per heavy atom. The molecule has 0 aromatic heterocycles. The summed E-state index contributed by atoms with van der Waals surface area (Å²) in [5, 5.41) is 5.56. The molecule has 1 rings (SSSR count). The molecule has 2 N–H and O–H groups in total. The van der Waals surface area contributed by atoms with E-state index in [1.807, 2.05) is 6.92 Å². The van der Waals surface area contributed by atoms with Crippen molar-refractivity contribution in [3.63, 3.8) is 0 Å². The molecular formula is C12H17FN2O2. The van der Waals surface area contributed by atoms with Crippen molar-refractivity contribution in [2.24, 2.45) is 0 Å². The van der Waals surface area contributed by atoms with Crippen LogP contribution in [0.1, 0.15) is 13.3 Å². The molecule has 0 atom stereocenters. The normalized spacial score (nSPS) is 10.1. The maximum atomic E-state index is 13.3. The maximum absolute atomic E-state index is 13.3. The first-order valence-electron chi connectivity index (χ1n) is 5.51. The molecule has 0 fully saturated rings. The lowest BCUT2D eigenvalue weighted by atomic mass is 10.3. The molecule has 17 heavy (non-hydrogen) atoms. The molecule has 0 aliphatic heterocycles. The fraction of sp³-hybridized carbons (Fsp3) is 0.417. The van der Waals surface area contributed by atoms with Crippen LogP contribution in [0.3, 0.4) is 0 Å². The summed E-state index contributed by atoms with van der Waals surface area (Å²) < 4.78 is 18.1. The number of benzene rings is 1. The zero-order valence-electron chi connectivity index (χ0n) is 10.0. The van der Waals surface area contributed by atoms with E-state index in [4.69, 9.17) is 4.74 Å². The van der Waals surface area contributed by atoms with Gasteiger partial charge in [0.05, 0.1) is 13.7 Å². The average Bonchev–Trinajstić information content (AvgIpc) is 2.29. The third kappa shape index (κ3) is 4.40. The standard InChI is InChI=1S/C12H17FN2O2/c1-3-6-14-8-12(16)15-9-4-5-11(17-2)10(13)7-9/h4-5,7,14H,3,6,8H2,1-2H3,(H,15,16). The number of methoxy groups -OCH3 is 1. The van der Waals surface area contributed by atoms with E-state index in [-0.39, 0.29) is 18.2 Å². The zero-order chi connectivity index (χ0) is 12.7. The highest BCUT2D eigenvalue weighted by Crippen LogP contribution is 2.20. The predicted molar refractivity (Wildman–Crippen MR) is 64.7 cm³/mol. The molecule has 0 saturated heterocycles. The number of anilines is 1. The van der Waals surface area contributed by atoms with Crippen LogP contribution < -0.4 is 15.4 Å². The van der Waals surface area contributed by atoms with Crippen LogP contribution in [0.4, 0.5) is 10.1 Å². The maximum Gasteiger partial charge on any atom is 0.238 e. The molecule has 0 aliphatic rings. The van der Waals surface area contributed by atoms with E-state index < -0.39 is 5.82 Å². The minimum atomic E-state index is -0.494. The van der Waals surface area contributed by atoms with Crippen molar-refractivity contribution in [2.75, 3.05) is 25.5 Å². The van der Waals surface area contributed by atoms with Gasteiger partial charge in [-0.2, -0.15) is 0 Å². The van der Waals surface area contributed by atoms with Crippen molar-refractivity contribution in [3.8, 4) is 5.75 Å². The van der Waals surface area contributed by atoms with Gasteiger partial charge in [-0.25, -0.2) is 4.39 Å². The van der Waals surface area contributed by atoms with Crippen molar-refractivity contribution >= 4 is 11.6 Å². The van der Waals surface area contributed by atoms with Crippen LogP contribution in [-0.2, 0) is 4.79 Å². The Morgan fingerprint density at radius 3 is 2.82 bits per heavy atom. The first-order chi connectivity index (χ1) is 8.17. The van der Waals surface area contributed by atoms with Gasteiger partial charge in [0.2, 0.25) is 5.91 Å². The summed E-state index contributed by atoms with van der Waals surface area (Å²) >= 11 is 0. The van der Waals surface area contributed by atoms with Gasteiger partial charge in [-0.15, -0.1) is 0 Å². The fourth-order valence-corrected chi connectivity index (χ4v) is 1.33. The van der Waals surface area contributed by atoms with Crippen LogP contribution in [0.25, 0.3) is 0 Å². The molecule has 0 heterocycles. The van der Waals surface area contributed by atoms with Gasteiger partial charge in [0.1, 0.15) is 0 Å². The second-order valence-electron chi connectivity index (χ2n) is 3.57. The quantitative estimate of drug-likeness (QED) is 0.745. The first kappa shape index (κ1) is 13.4. The Labute approximate surface area is 100 Å². The largest absolute Gasteiger partial charge is 0.494 e. The van der Waals surface area contributed by atoms with Gasteiger partial charge in [-0.3, -0.25) is 4.79 Å². The van der Waals surface area contributed by atoms with Crippen molar-refractivity contribution in [1.82, 2.24) is 5.32 Å². The van der Waals surface area contributed by atoms with Gasteiger partial charge < -0.3 is 15.4 Å². The van der Waals surface area contributed by atoms with E-state index in [1.165, 1.54) is 19.2 Å². The lowest BCUT2D eigenvalue weighted by Crippen LogP contribution is -2.28. The topological polar surface area (TPSA) is 50.4 Å². The summed E-state index contributed by atoms with van der Waals surface area (Å²) in [6.45, 7) is 3.02. The van der Waals surface area contributed by atoms with Crippen LogP contribution in [0.2, 0.25) is 0 Å². The van der Waals surface area contributed by atoms with Gasteiger partial charge in [0.25, 0.3) is 0 Å². The molecule has 0 radical (unpaired) electrons. The Morgan fingerprint density at radius 1 is 1.47 bits per heavy atom. The number of hydrogen-bond donors (Lipinski definition) is 2. The third-order valence-corrected chi connectivity index (χ3v) is 2.15. The average molecular weight is 240 g/mol. The van der Waals surface area contributed by atoms with Crippen LogP contribution in [0.5, 0.6) is 5.75 Å². The van der Waals surface area contributed by atoms with E-state index in [1.54, 1.807) is 6.07 Å². The number of carbonyl (C=O) groups excluding carboxylic acids is 1. The summed E-state index contributed by atoms with van der Waals surface area (Å²) in [5.74, 6) is -0.526. The number of nitrogens with one attached hydrogen (secondary N) is 2. The predicted octanol–water partition coefficient (Wildman–Crippen LogP) is 1.77. The summed E-state index contributed by atoms with van der Waals surface area (Å²) in [6.07, 6.45) is 0.963. The molecule has 5 heteroatoms. The Bertz CT molecular complexity index is 383. The first-order valence-corrected chi connectivity index (χ1v) is 5.51. The fourth-order valence-electron chi connectivity index (χ4n) is 1.33. The number of halogens is 1. The SMILES string of the molecule is CCCNCC(=O)Nc1ccc(OC)c(F)c1. The molecule has 0 unspecified atom stereocenters. The number of hydrogen-bond acceptors (Lipinski definition) is 3. The van der Waals surface area contributed by atoms with Crippen molar-refractivity contribution < 1.29 is 13.9 Å². The number of amides is 1. The van der Waals surface area contributed by atoms with Crippen LogP contribution in [0, 0.1) is 5.82 Å². The molecule has 0 saturated carbocycles. The Hall–Kier alpha value is -1.62. The van der Waals surface area contributed by atoms with E-state index in [0.717, 1.165) is 13.0 Å². The van der Waals surface area contributed by atoms with Crippen molar-refractivity contribution in [3.05, 3.63) is 24.0 Å². The molecule has 1 amide bonds. The number of rotatable bonds is 6. The summed E-state index contributed by atoms with van der Waals surface area (Å²) in [4.78, 5) is 11.4. The third-order valence-electron chi connectivity index (χ3n) is 2.15. The molecule has 94 valence electrons. The Kier molecular flexibility index (Phi) is 5.42. The van der Waals surface area contributed by atoms with Gasteiger partial charge in [0.15, 0.2) is 11.6 Å². The summed E-state index contributed by atoms with van der Waals surface area (Å²) in [6, 6.07) is 4.31. The molecule has 1 aromatic rings. The highest BCUT2D eigenvalue weighted by molar-refractivity contribution is 5.92. The van der Waals surface area contributed by atoms with Gasteiger partial charge in [-0.05, 0) is 25.1 Å². The number of carbonyl (C=O) groups is 1. The van der Waals surface area contributed by atoms with Gasteiger partial charge in [-0.1, -0.05) is 6.92 Å². The minimum absolute atomic E-state index is 0.159. The molecule has 0 spiro atoms. The molecule has 1 aromatic carbocycles. The Balaban J connectivity index is 2.51. The van der Waals surface area contributed by atoms with E-state index in [9.17, 15) is 9.18 Å². The van der Waals surface area contributed by atoms with Crippen molar-refractivity contribution in [2.45, 2.75) is 13.3 Å². The number of ether oxygens (including phenoxy) is 1. The van der Waals surface area contributed by atoms with E-state index in [0.29, 0.717) is 5.69 Å². The second kappa shape index (κ2) is 6.85. The van der Waals surface area contributed by atoms with E-state index in [2.05, 4.69) is 10.6 Å². The van der Waals surface area contributed by atoms with Crippen molar-refractivity contribution in [1.29, 1.82) is 0 Å². The molecule has 4 nitrogen and oxygen atoms in total. The summed E-state index contributed by atoms with van der Waals surface area (Å²) in [7, 11) is 1.39. The lowest BCUT2D eigenvalue weighted by molar-refractivity contribution is -0.115. The van der Waals surface area contributed by atoms with E-state index >= 15 is 0 Å². The highest BCUT2D eigenvalue weighted by Gasteiger charge is 2.06. The smallest absolute Gasteiger partial charge is 0.238 e. The molecule has 0 bridgehead atoms. The van der Waals surface area contributed by atoms with Crippen LogP contribution in [-0.4, -0.2) is 26.1 Å². The van der Waals surface area contributed by atoms with Gasteiger partial charge >= 0.3 is 0 Å². The minimum Gasteiger partial charge on any atom is -0.494 e. The van der Waals surface area contributed by atoms with Crippen LogP contribution >= 0.6 is 0 Å². The molecular weight excluding hydrogens is 223 g/mol. The highest BCUT2D eigenvalue weighted by atomic mass is 19.1.